The molecule has 0 radical (unpaired) electrons. The van der Waals surface area contributed by atoms with Gasteiger partial charge in [-0.25, -0.2) is 4.98 Å². The van der Waals surface area contributed by atoms with Gasteiger partial charge in [0, 0.05) is 29.4 Å². The molecule has 146 valence electrons. The Morgan fingerprint density at radius 1 is 1.26 bits per heavy atom. The van der Waals surface area contributed by atoms with Crippen molar-refractivity contribution in [2.45, 2.75) is 25.1 Å². The lowest BCUT2D eigenvalue weighted by Gasteiger charge is -2.36. The number of anilines is 3. The van der Waals surface area contributed by atoms with Crippen LogP contribution in [0.2, 0.25) is 0 Å². The van der Waals surface area contributed by atoms with Crippen LogP contribution in [0.5, 0.6) is 0 Å². The fourth-order valence-electron chi connectivity index (χ4n) is 3.15. The van der Waals surface area contributed by atoms with Crippen molar-refractivity contribution in [1.29, 1.82) is 0 Å². The van der Waals surface area contributed by atoms with Gasteiger partial charge in [-0.3, -0.25) is 0 Å². The largest absolute Gasteiger partial charge is 0.421 e. The first-order chi connectivity index (χ1) is 12.7. The van der Waals surface area contributed by atoms with E-state index in [-0.39, 0.29) is 17.8 Å². The summed E-state index contributed by atoms with van der Waals surface area (Å²) < 4.78 is 41.4. The van der Waals surface area contributed by atoms with E-state index in [0.29, 0.717) is 5.69 Å². The summed E-state index contributed by atoms with van der Waals surface area (Å²) in [5.41, 5.74) is -0.124. The lowest BCUT2D eigenvalue weighted by molar-refractivity contribution is -0.137. The van der Waals surface area contributed by atoms with E-state index in [1.165, 1.54) is 0 Å². The molecule has 0 saturated carbocycles. The average molecular weight is 444 g/mol. The predicted octanol–water partition coefficient (Wildman–Crippen LogP) is 4.53. The maximum absolute atomic E-state index is 13.5. The quantitative estimate of drug-likeness (QED) is 0.751. The van der Waals surface area contributed by atoms with E-state index >= 15 is 0 Å². The zero-order valence-electron chi connectivity index (χ0n) is 15.1. The van der Waals surface area contributed by atoms with E-state index in [4.69, 9.17) is 0 Å². The fourth-order valence-corrected chi connectivity index (χ4v) is 3.55. The van der Waals surface area contributed by atoms with Crippen LogP contribution in [-0.2, 0) is 6.18 Å². The molecular weight excluding hydrogens is 423 g/mol. The smallest absolute Gasteiger partial charge is 0.356 e. The van der Waals surface area contributed by atoms with Crippen molar-refractivity contribution in [3.63, 3.8) is 0 Å². The van der Waals surface area contributed by atoms with Crippen LogP contribution in [0.25, 0.3) is 0 Å². The second-order valence-corrected chi connectivity index (χ2v) is 7.63. The van der Waals surface area contributed by atoms with Gasteiger partial charge in [-0.2, -0.15) is 18.2 Å². The second kappa shape index (κ2) is 8.02. The van der Waals surface area contributed by atoms with E-state index in [2.05, 4.69) is 36.1 Å². The van der Waals surface area contributed by atoms with Crippen LogP contribution < -0.4 is 10.2 Å². The minimum Gasteiger partial charge on any atom is -0.356 e. The van der Waals surface area contributed by atoms with Gasteiger partial charge >= 0.3 is 6.18 Å². The van der Waals surface area contributed by atoms with Crippen molar-refractivity contribution >= 4 is 33.4 Å². The molecule has 0 bridgehead atoms. The van der Waals surface area contributed by atoms with Gasteiger partial charge in [0.1, 0.15) is 11.4 Å². The molecule has 1 fully saturated rings. The molecule has 1 aromatic carbocycles. The van der Waals surface area contributed by atoms with Crippen LogP contribution in [-0.4, -0.2) is 48.1 Å². The second-order valence-electron chi connectivity index (χ2n) is 6.71. The topological polar surface area (TPSA) is 44.3 Å². The molecule has 2 heterocycles. The van der Waals surface area contributed by atoms with Gasteiger partial charge in [0.2, 0.25) is 5.95 Å². The number of aromatic nitrogens is 2. The van der Waals surface area contributed by atoms with Gasteiger partial charge < -0.3 is 15.1 Å². The fraction of sp³-hybridized carbons (Fsp3) is 0.444. The molecule has 0 atom stereocenters. The Morgan fingerprint density at radius 3 is 2.59 bits per heavy atom. The lowest BCUT2D eigenvalue weighted by atomic mass is 10.0. The van der Waals surface area contributed by atoms with Crippen LogP contribution in [0.1, 0.15) is 18.4 Å². The summed E-state index contributed by atoms with van der Waals surface area (Å²) in [5.74, 6) is 0.0421. The molecule has 0 spiro atoms. The van der Waals surface area contributed by atoms with Crippen LogP contribution in [0.4, 0.5) is 30.6 Å². The lowest BCUT2D eigenvalue weighted by Crippen LogP contribution is -2.43. The predicted molar refractivity (Wildman–Crippen MR) is 103 cm³/mol. The number of likely N-dealkylation sites (tertiary alicyclic amines) is 1. The molecule has 0 aliphatic carbocycles. The molecule has 1 N–H and O–H groups in total. The molecule has 0 unspecified atom stereocenters. The molecule has 5 nitrogen and oxygen atoms in total. The van der Waals surface area contributed by atoms with Crippen molar-refractivity contribution in [2.75, 3.05) is 37.4 Å². The number of rotatable bonds is 4. The molecule has 3 rings (SSSR count). The molecule has 27 heavy (non-hydrogen) atoms. The Labute approximate surface area is 164 Å². The minimum atomic E-state index is -4.51. The maximum Gasteiger partial charge on any atom is 0.421 e. The number of nitrogens with zero attached hydrogens (tertiary/aromatic N) is 4. The number of piperidine rings is 1. The zero-order valence-corrected chi connectivity index (χ0v) is 16.7. The highest BCUT2D eigenvalue weighted by molar-refractivity contribution is 9.10. The van der Waals surface area contributed by atoms with Crippen molar-refractivity contribution in [3.8, 4) is 0 Å². The third-order valence-corrected chi connectivity index (χ3v) is 5.22. The van der Waals surface area contributed by atoms with E-state index in [0.717, 1.165) is 36.6 Å². The number of benzene rings is 1. The molecule has 1 aliphatic heterocycles. The Hall–Kier alpha value is -1.87. The summed E-state index contributed by atoms with van der Waals surface area (Å²) in [6.07, 6.45) is -2.07. The Kier molecular flexibility index (Phi) is 5.90. The number of hydrogen-bond acceptors (Lipinski definition) is 5. The summed E-state index contributed by atoms with van der Waals surface area (Å²) in [5, 5.41) is 2.97. The third-order valence-electron chi connectivity index (χ3n) is 4.72. The summed E-state index contributed by atoms with van der Waals surface area (Å²) in [6.45, 7) is 1.70. The van der Waals surface area contributed by atoms with E-state index in [1.54, 1.807) is 24.1 Å². The van der Waals surface area contributed by atoms with Crippen molar-refractivity contribution in [3.05, 3.63) is 40.5 Å². The van der Waals surface area contributed by atoms with Gasteiger partial charge in [-0.1, -0.05) is 22.0 Å². The summed E-state index contributed by atoms with van der Waals surface area (Å²) in [7, 11) is 3.69. The maximum atomic E-state index is 13.5. The zero-order chi connectivity index (χ0) is 19.6. The van der Waals surface area contributed by atoms with E-state index in [9.17, 15) is 13.2 Å². The first-order valence-electron chi connectivity index (χ1n) is 8.62. The average Bonchev–Trinajstić information content (AvgIpc) is 2.61. The standard InChI is InChI=1S/C18H21BrF3N5/c1-26-8-6-14(7-9-26)27(2)16-15(18(20,21)22)11-23-17(25-16)24-13-5-3-4-12(19)10-13/h3-5,10-11,14H,6-9H2,1-2H3,(H,23,24,25). The first-order valence-corrected chi connectivity index (χ1v) is 9.41. The number of nitrogens with one attached hydrogen (secondary N) is 1. The SMILES string of the molecule is CN1CCC(N(C)c2nc(Nc3cccc(Br)c3)ncc2C(F)(F)F)CC1. The van der Waals surface area contributed by atoms with Crippen LogP contribution in [0.3, 0.4) is 0 Å². The van der Waals surface area contributed by atoms with Gasteiger partial charge in [-0.05, 0) is 51.2 Å². The van der Waals surface area contributed by atoms with E-state index < -0.39 is 11.7 Å². The number of halogens is 4. The molecule has 0 amide bonds. The van der Waals surface area contributed by atoms with Gasteiger partial charge in [0.15, 0.2) is 0 Å². The summed E-state index contributed by atoms with van der Waals surface area (Å²) >= 11 is 3.37. The third kappa shape index (κ3) is 4.90. The molecule has 2 aromatic rings. The van der Waals surface area contributed by atoms with Gasteiger partial charge in [0.25, 0.3) is 0 Å². The molecule has 9 heteroatoms. The molecule has 1 aliphatic rings. The van der Waals surface area contributed by atoms with Crippen molar-refractivity contribution in [1.82, 2.24) is 14.9 Å². The highest BCUT2D eigenvalue weighted by Gasteiger charge is 2.37. The normalized spacial score (nSPS) is 16.4. The van der Waals surface area contributed by atoms with Crippen LogP contribution in [0.15, 0.2) is 34.9 Å². The summed E-state index contributed by atoms with van der Waals surface area (Å²) in [4.78, 5) is 11.9. The Balaban J connectivity index is 1.91. The Morgan fingerprint density at radius 2 is 1.96 bits per heavy atom. The van der Waals surface area contributed by atoms with Crippen LogP contribution in [0, 0.1) is 0 Å². The van der Waals surface area contributed by atoms with Crippen molar-refractivity contribution in [2.24, 2.45) is 0 Å². The van der Waals surface area contributed by atoms with E-state index in [1.807, 2.05) is 19.2 Å². The van der Waals surface area contributed by atoms with Gasteiger partial charge in [0.05, 0.1) is 0 Å². The minimum absolute atomic E-state index is 0.0101. The van der Waals surface area contributed by atoms with Crippen molar-refractivity contribution < 1.29 is 13.2 Å². The van der Waals surface area contributed by atoms with Crippen LogP contribution >= 0.6 is 15.9 Å². The number of hydrogen-bond donors (Lipinski definition) is 1. The Bertz CT molecular complexity index is 791. The monoisotopic (exact) mass is 443 g/mol. The number of alkyl halides is 3. The summed E-state index contributed by atoms with van der Waals surface area (Å²) in [6, 6.07) is 7.30. The van der Waals surface area contributed by atoms with Gasteiger partial charge in [-0.15, -0.1) is 0 Å². The first kappa shape index (κ1) is 19.9. The highest BCUT2D eigenvalue weighted by atomic mass is 79.9. The highest BCUT2D eigenvalue weighted by Crippen LogP contribution is 2.37. The molecule has 1 aromatic heterocycles. The molecule has 1 saturated heterocycles. The molecular formula is C18H21BrF3N5.